The van der Waals surface area contributed by atoms with Gasteiger partial charge in [0.15, 0.2) is 0 Å². The topological polar surface area (TPSA) is 49.3 Å². The van der Waals surface area contributed by atoms with E-state index in [-0.39, 0.29) is 12.0 Å². The van der Waals surface area contributed by atoms with Crippen LogP contribution in [0.15, 0.2) is 60.7 Å². The first-order chi connectivity index (χ1) is 14.3. The standard InChI is InChI=1S/C23H22F3NO2S/c24-23(25,26)22-20(18-4-2-1-3-5-18)14-19(30-22)11-10-16-6-8-17(9-7-16)15-27-13-12-21(28)29/h1-9,14,27H,10-13,15H2,(H,28,29). The van der Waals surface area contributed by atoms with E-state index in [1.54, 1.807) is 36.4 Å². The lowest BCUT2D eigenvalue weighted by Crippen LogP contribution is -2.17. The molecule has 0 aliphatic carbocycles. The van der Waals surface area contributed by atoms with Gasteiger partial charge in [0, 0.05) is 23.5 Å². The molecule has 2 N–H and O–H groups in total. The number of carbonyl (C=O) groups is 1. The summed E-state index contributed by atoms with van der Waals surface area (Å²) in [5.74, 6) is -0.837. The first-order valence-electron chi connectivity index (χ1n) is 9.58. The third-order valence-corrected chi connectivity index (χ3v) is 5.89. The van der Waals surface area contributed by atoms with E-state index < -0.39 is 17.0 Å². The number of alkyl halides is 3. The average Bonchev–Trinajstić information content (AvgIpc) is 3.16. The first kappa shape index (κ1) is 22.1. The highest BCUT2D eigenvalue weighted by molar-refractivity contribution is 7.12. The van der Waals surface area contributed by atoms with E-state index in [0.717, 1.165) is 22.5 Å². The predicted molar refractivity (Wildman–Crippen MR) is 113 cm³/mol. The molecule has 0 fully saturated rings. The fraction of sp³-hybridized carbons (Fsp3) is 0.261. The second kappa shape index (κ2) is 9.91. The lowest BCUT2D eigenvalue weighted by molar-refractivity contribution is -0.137. The molecule has 0 saturated heterocycles. The molecular weight excluding hydrogens is 411 g/mol. The largest absolute Gasteiger partial charge is 0.481 e. The zero-order valence-electron chi connectivity index (χ0n) is 16.2. The van der Waals surface area contributed by atoms with Crippen LogP contribution in [0.25, 0.3) is 11.1 Å². The molecule has 1 heterocycles. The molecule has 0 bridgehead atoms. The molecular formula is C23H22F3NO2S. The van der Waals surface area contributed by atoms with E-state index in [0.29, 0.717) is 36.4 Å². The highest BCUT2D eigenvalue weighted by Gasteiger charge is 2.36. The number of carboxylic acid groups (broad SMARTS) is 1. The summed E-state index contributed by atoms with van der Waals surface area (Å²) in [5.41, 5.74) is 2.90. The molecule has 30 heavy (non-hydrogen) atoms. The number of thiophene rings is 1. The SMILES string of the molecule is O=C(O)CCNCc1ccc(CCc2cc(-c3ccccc3)c(C(F)(F)F)s2)cc1. The minimum atomic E-state index is -4.37. The van der Waals surface area contributed by atoms with Gasteiger partial charge in [-0.15, -0.1) is 11.3 Å². The van der Waals surface area contributed by atoms with Gasteiger partial charge in [0.2, 0.25) is 0 Å². The van der Waals surface area contributed by atoms with Crippen molar-refractivity contribution >= 4 is 17.3 Å². The molecule has 3 rings (SSSR count). The number of benzene rings is 2. The van der Waals surface area contributed by atoms with Crippen molar-refractivity contribution in [1.29, 1.82) is 0 Å². The van der Waals surface area contributed by atoms with Gasteiger partial charge in [0.05, 0.1) is 6.42 Å². The molecule has 2 aromatic carbocycles. The monoisotopic (exact) mass is 433 g/mol. The number of carboxylic acids is 1. The maximum absolute atomic E-state index is 13.5. The van der Waals surface area contributed by atoms with Gasteiger partial charge in [-0.25, -0.2) is 0 Å². The lowest BCUT2D eigenvalue weighted by atomic mass is 10.0. The molecule has 3 aromatic rings. The van der Waals surface area contributed by atoms with E-state index in [9.17, 15) is 18.0 Å². The number of nitrogens with one attached hydrogen (secondary N) is 1. The quantitative estimate of drug-likeness (QED) is 0.421. The van der Waals surface area contributed by atoms with Crippen LogP contribution in [-0.2, 0) is 30.4 Å². The van der Waals surface area contributed by atoms with E-state index in [1.807, 2.05) is 24.3 Å². The molecule has 1 aromatic heterocycles. The van der Waals surface area contributed by atoms with Crippen molar-refractivity contribution in [1.82, 2.24) is 5.32 Å². The molecule has 0 aliphatic heterocycles. The van der Waals surface area contributed by atoms with Crippen molar-refractivity contribution < 1.29 is 23.1 Å². The Bertz CT molecular complexity index is 966. The summed E-state index contributed by atoms with van der Waals surface area (Å²) < 4.78 is 40.5. The molecule has 158 valence electrons. The van der Waals surface area contributed by atoms with Crippen LogP contribution in [0, 0.1) is 0 Å². The van der Waals surface area contributed by atoms with Crippen LogP contribution in [-0.4, -0.2) is 17.6 Å². The van der Waals surface area contributed by atoms with Crippen LogP contribution in [0.3, 0.4) is 0 Å². The molecule has 3 nitrogen and oxygen atoms in total. The van der Waals surface area contributed by atoms with Gasteiger partial charge >= 0.3 is 12.1 Å². The Kier molecular flexibility index (Phi) is 7.29. The Balaban J connectivity index is 1.63. The Morgan fingerprint density at radius 2 is 1.63 bits per heavy atom. The fourth-order valence-corrected chi connectivity index (χ4v) is 4.17. The van der Waals surface area contributed by atoms with Gasteiger partial charge in [-0.05, 0) is 35.6 Å². The second-order valence-corrected chi connectivity index (χ2v) is 8.09. The van der Waals surface area contributed by atoms with Crippen LogP contribution in [0.2, 0.25) is 0 Å². The molecule has 0 saturated carbocycles. The van der Waals surface area contributed by atoms with Crippen molar-refractivity contribution in [2.75, 3.05) is 6.54 Å². The first-order valence-corrected chi connectivity index (χ1v) is 10.4. The Labute approximate surface area is 177 Å². The van der Waals surface area contributed by atoms with E-state index in [2.05, 4.69) is 5.32 Å². The van der Waals surface area contributed by atoms with E-state index >= 15 is 0 Å². The van der Waals surface area contributed by atoms with Gasteiger partial charge in [-0.3, -0.25) is 4.79 Å². The van der Waals surface area contributed by atoms with Gasteiger partial charge in [-0.2, -0.15) is 13.2 Å². The third-order valence-electron chi connectivity index (χ3n) is 4.65. The van der Waals surface area contributed by atoms with E-state index in [1.165, 1.54) is 0 Å². The third kappa shape index (κ3) is 6.18. The molecule has 7 heteroatoms. The zero-order chi connectivity index (χ0) is 21.6. The maximum Gasteiger partial charge on any atom is 0.426 e. The number of aryl methyl sites for hydroxylation is 2. The molecule has 0 spiro atoms. The number of halogens is 3. The Hall–Kier alpha value is -2.64. The van der Waals surface area contributed by atoms with Crippen molar-refractivity contribution in [2.24, 2.45) is 0 Å². The van der Waals surface area contributed by atoms with Crippen molar-refractivity contribution in [3.8, 4) is 11.1 Å². The molecule has 0 atom stereocenters. The summed E-state index contributed by atoms with van der Waals surface area (Å²) in [5, 5.41) is 11.7. The summed E-state index contributed by atoms with van der Waals surface area (Å²) in [7, 11) is 0. The summed E-state index contributed by atoms with van der Waals surface area (Å²) in [4.78, 5) is 10.7. The highest BCUT2D eigenvalue weighted by atomic mass is 32.1. The fourth-order valence-electron chi connectivity index (χ4n) is 3.13. The summed E-state index contributed by atoms with van der Waals surface area (Å²) in [6.45, 7) is 0.981. The van der Waals surface area contributed by atoms with E-state index in [4.69, 9.17) is 5.11 Å². The van der Waals surface area contributed by atoms with Crippen LogP contribution >= 0.6 is 11.3 Å². The van der Waals surface area contributed by atoms with Crippen LogP contribution in [0.4, 0.5) is 13.2 Å². The van der Waals surface area contributed by atoms with Crippen LogP contribution in [0.5, 0.6) is 0 Å². The van der Waals surface area contributed by atoms with Gasteiger partial charge in [0.25, 0.3) is 0 Å². The molecule has 0 radical (unpaired) electrons. The van der Waals surface area contributed by atoms with Crippen molar-refractivity contribution in [2.45, 2.75) is 32.0 Å². The van der Waals surface area contributed by atoms with Gasteiger partial charge < -0.3 is 10.4 Å². The van der Waals surface area contributed by atoms with Crippen molar-refractivity contribution in [3.63, 3.8) is 0 Å². The molecule has 0 aliphatic rings. The van der Waals surface area contributed by atoms with Crippen LogP contribution < -0.4 is 5.32 Å². The summed E-state index contributed by atoms with van der Waals surface area (Å²) >= 11 is 0.817. The number of aliphatic carboxylic acids is 1. The second-order valence-electron chi connectivity index (χ2n) is 6.96. The zero-order valence-corrected chi connectivity index (χ0v) is 17.0. The Morgan fingerprint density at radius 3 is 2.27 bits per heavy atom. The minimum absolute atomic E-state index is 0.0732. The number of hydrogen-bond acceptors (Lipinski definition) is 3. The van der Waals surface area contributed by atoms with Gasteiger partial charge in [0.1, 0.15) is 4.88 Å². The van der Waals surface area contributed by atoms with Gasteiger partial charge in [-0.1, -0.05) is 54.6 Å². The maximum atomic E-state index is 13.5. The summed E-state index contributed by atoms with van der Waals surface area (Å²) in [6.07, 6.45) is -3.11. The smallest absolute Gasteiger partial charge is 0.426 e. The number of rotatable bonds is 9. The summed E-state index contributed by atoms with van der Waals surface area (Å²) in [6, 6.07) is 18.2. The Morgan fingerprint density at radius 1 is 0.967 bits per heavy atom. The predicted octanol–water partition coefficient (Wildman–Crippen LogP) is 5.78. The lowest BCUT2D eigenvalue weighted by Gasteiger charge is -2.07. The average molecular weight is 433 g/mol. The normalized spacial score (nSPS) is 11.6. The minimum Gasteiger partial charge on any atom is -0.481 e. The van der Waals surface area contributed by atoms with Crippen LogP contribution in [0.1, 0.15) is 27.3 Å². The highest BCUT2D eigenvalue weighted by Crippen LogP contribution is 2.43. The molecule has 0 amide bonds. The molecule has 0 unspecified atom stereocenters. The van der Waals surface area contributed by atoms with Crippen molar-refractivity contribution in [3.05, 3.63) is 81.5 Å². The number of hydrogen-bond donors (Lipinski definition) is 2.